The van der Waals surface area contributed by atoms with Crippen LogP contribution in [-0.4, -0.2) is 32.5 Å². The van der Waals surface area contributed by atoms with Crippen molar-refractivity contribution >= 4 is 28.0 Å². The third-order valence-corrected chi connectivity index (χ3v) is 5.05. The van der Waals surface area contributed by atoms with Crippen LogP contribution in [-0.2, 0) is 11.2 Å². The monoisotopic (exact) mass is 412 g/mol. The number of ether oxygens (including phenoxy) is 1. The molecule has 31 heavy (non-hydrogen) atoms. The molecule has 0 bridgehead atoms. The van der Waals surface area contributed by atoms with Crippen LogP contribution in [0.5, 0.6) is 5.75 Å². The second-order valence-electron chi connectivity index (χ2n) is 7.21. The number of nitriles is 1. The number of ketones is 1. The lowest BCUT2D eigenvalue weighted by molar-refractivity contribution is -0.111. The third-order valence-electron chi connectivity index (χ3n) is 5.05. The van der Waals surface area contributed by atoms with Crippen molar-refractivity contribution in [2.75, 3.05) is 7.11 Å². The largest absolute Gasteiger partial charge is 0.496 e. The van der Waals surface area contributed by atoms with Crippen molar-refractivity contribution in [3.05, 3.63) is 70.8 Å². The zero-order valence-electron chi connectivity index (χ0n) is 17.4. The highest BCUT2D eigenvalue weighted by atomic mass is 16.5. The topological polar surface area (TPSA) is 119 Å². The fraction of sp³-hybridized carbons (Fsp3) is 0.174. The molecule has 8 nitrogen and oxygen atoms in total. The van der Waals surface area contributed by atoms with Gasteiger partial charge in [-0.2, -0.15) is 5.26 Å². The first-order valence-electron chi connectivity index (χ1n) is 9.60. The van der Waals surface area contributed by atoms with Crippen LogP contribution in [0.25, 0.3) is 22.3 Å². The van der Waals surface area contributed by atoms with Crippen molar-refractivity contribution in [1.82, 2.24) is 19.6 Å². The first-order valence-corrected chi connectivity index (χ1v) is 9.60. The maximum Gasteiger partial charge on any atom is 0.179 e. The average molecular weight is 412 g/mol. The van der Waals surface area contributed by atoms with Gasteiger partial charge in [0.25, 0.3) is 0 Å². The van der Waals surface area contributed by atoms with Crippen LogP contribution < -0.4 is 10.5 Å². The minimum Gasteiger partial charge on any atom is -0.496 e. The molecule has 0 fully saturated rings. The molecule has 0 saturated heterocycles. The van der Waals surface area contributed by atoms with Gasteiger partial charge in [-0.05, 0) is 37.6 Å². The molecule has 2 aromatic carbocycles. The summed E-state index contributed by atoms with van der Waals surface area (Å²) in [7, 11) is 1.54. The summed E-state index contributed by atoms with van der Waals surface area (Å²) in [4.78, 5) is 16.7. The van der Waals surface area contributed by atoms with Gasteiger partial charge in [-0.15, -0.1) is 10.2 Å². The van der Waals surface area contributed by atoms with E-state index in [4.69, 9.17) is 15.7 Å². The van der Waals surface area contributed by atoms with E-state index in [1.165, 1.54) is 6.92 Å². The zero-order valence-corrected chi connectivity index (χ0v) is 17.4. The molecule has 0 aliphatic rings. The summed E-state index contributed by atoms with van der Waals surface area (Å²) >= 11 is 0. The maximum atomic E-state index is 12.2. The van der Waals surface area contributed by atoms with Gasteiger partial charge >= 0.3 is 0 Å². The van der Waals surface area contributed by atoms with Crippen LogP contribution in [0.4, 0.5) is 0 Å². The molecule has 154 valence electrons. The molecule has 0 aliphatic carbocycles. The van der Waals surface area contributed by atoms with Crippen molar-refractivity contribution in [2.24, 2.45) is 5.73 Å². The van der Waals surface area contributed by atoms with Gasteiger partial charge < -0.3 is 10.5 Å². The Morgan fingerprint density at radius 3 is 2.71 bits per heavy atom. The van der Waals surface area contributed by atoms with Crippen LogP contribution >= 0.6 is 0 Å². The molecule has 0 radical (unpaired) electrons. The number of hydrogen-bond donors (Lipinski definition) is 1. The summed E-state index contributed by atoms with van der Waals surface area (Å²) in [5.74, 6) is 1.05. The number of carbonyl (C=O) groups excluding carboxylic acids is 1. The Morgan fingerprint density at radius 1 is 1.23 bits per heavy atom. The van der Waals surface area contributed by atoms with E-state index in [0.717, 1.165) is 11.1 Å². The number of rotatable bonds is 5. The summed E-state index contributed by atoms with van der Waals surface area (Å²) in [6, 6.07) is 13.1. The molecule has 0 aliphatic heterocycles. The summed E-state index contributed by atoms with van der Waals surface area (Å²) in [5.41, 5.74) is 10.9. The van der Waals surface area contributed by atoms with Crippen LogP contribution in [0.2, 0.25) is 0 Å². The zero-order chi connectivity index (χ0) is 22.1. The maximum absolute atomic E-state index is 12.2. The molecule has 8 heteroatoms. The predicted molar refractivity (Wildman–Crippen MR) is 116 cm³/mol. The van der Waals surface area contributed by atoms with Crippen LogP contribution in [0, 0.1) is 11.3 Å². The third kappa shape index (κ3) is 3.57. The van der Waals surface area contributed by atoms with Crippen molar-refractivity contribution in [2.45, 2.75) is 20.3 Å². The highest BCUT2D eigenvalue weighted by Crippen LogP contribution is 2.32. The number of nitrogens with zero attached hydrogens (tertiary/aromatic N) is 5. The van der Waals surface area contributed by atoms with Gasteiger partial charge in [0.15, 0.2) is 11.4 Å². The quantitative estimate of drug-likeness (QED) is 0.500. The molecule has 2 N–H and O–H groups in total. The van der Waals surface area contributed by atoms with Crippen molar-refractivity contribution < 1.29 is 9.53 Å². The Balaban J connectivity index is 1.93. The Labute approximate surface area is 178 Å². The van der Waals surface area contributed by atoms with E-state index in [-0.39, 0.29) is 5.78 Å². The molecule has 0 atom stereocenters. The first kappa shape index (κ1) is 20.0. The first-order chi connectivity index (χ1) is 14.9. The van der Waals surface area contributed by atoms with Gasteiger partial charge in [0, 0.05) is 29.3 Å². The smallest absolute Gasteiger partial charge is 0.179 e. The van der Waals surface area contributed by atoms with Gasteiger partial charge in [0.2, 0.25) is 0 Å². The lowest BCUT2D eigenvalue weighted by Gasteiger charge is -2.14. The number of carbonyl (C=O) groups is 1. The van der Waals surface area contributed by atoms with Crippen molar-refractivity contribution in [3.8, 4) is 11.8 Å². The van der Waals surface area contributed by atoms with Gasteiger partial charge in [-0.1, -0.05) is 12.1 Å². The molecule has 4 aromatic rings. The van der Waals surface area contributed by atoms with Crippen molar-refractivity contribution in [1.29, 1.82) is 5.26 Å². The van der Waals surface area contributed by atoms with E-state index in [1.807, 2.05) is 28.7 Å². The van der Waals surface area contributed by atoms with E-state index >= 15 is 0 Å². The minimum absolute atomic E-state index is 0.152. The standard InChI is InChI=1S/C23H20N6O2/c1-13(25)23(14(2)30)17-9-18-19(10-20(17)31-3)29-21(27-28-22(29)12-26-18)8-15-5-4-6-16(7-15)11-24/h4-7,9-10,12H,8,25H2,1-3H3. The van der Waals surface area contributed by atoms with E-state index in [1.54, 1.807) is 32.4 Å². The number of benzene rings is 2. The molecular formula is C23H20N6O2. The number of methoxy groups -OCH3 is 1. The highest BCUT2D eigenvalue weighted by molar-refractivity contribution is 6.21. The highest BCUT2D eigenvalue weighted by Gasteiger charge is 2.19. The number of hydrogen-bond acceptors (Lipinski definition) is 7. The summed E-state index contributed by atoms with van der Waals surface area (Å²) in [6.45, 7) is 3.16. The Bertz CT molecular complexity index is 1410. The van der Waals surface area contributed by atoms with E-state index < -0.39 is 0 Å². The number of nitrogens with two attached hydrogens (primary N) is 1. The van der Waals surface area contributed by atoms with Gasteiger partial charge in [-0.25, -0.2) is 0 Å². The number of allylic oxidation sites excluding steroid dienone is 2. The molecule has 0 saturated carbocycles. The van der Waals surface area contributed by atoms with E-state index in [0.29, 0.717) is 51.6 Å². The van der Waals surface area contributed by atoms with Gasteiger partial charge in [-0.3, -0.25) is 14.2 Å². The number of aromatic nitrogens is 4. The summed E-state index contributed by atoms with van der Waals surface area (Å²) < 4.78 is 7.49. The summed E-state index contributed by atoms with van der Waals surface area (Å²) in [5, 5.41) is 17.7. The minimum atomic E-state index is -0.152. The molecule has 0 unspecified atom stereocenters. The summed E-state index contributed by atoms with van der Waals surface area (Å²) in [6.07, 6.45) is 2.12. The second-order valence-corrected chi connectivity index (χ2v) is 7.21. The number of fused-ring (bicyclic) bond motifs is 3. The van der Waals surface area contributed by atoms with E-state index in [2.05, 4.69) is 21.3 Å². The Morgan fingerprint density at radius 2 is 2.03 bits per heavy atom. The molecule has 2 heterocycles. The Hall–Kier alpha value is -4.25. The molecule has 4 rings (SSSR count). The second kappa shape index (κ2) is 7.88. The SMILES string of the molecule is COc1cc2c(cc1C(C(C)=O)=C(C)N)ncc1nnc(Cc3cccc(C#N)c3)n12. The molecule has 2 aromatic heterocycles. The lowest BCUT2D eigenvalue weighted by Crippen LogP contribution is -2.07. The fourth-order valence-electron chi connectivity index (χ4n) is 3.74. The Kier molecular flexibility index (Phi) is 5.09. The fourth-order valence-corrected chi connectivity index (χ4v) is 3.74. The van der Waals surface area contributed by atoms with Gasteiger partial charge in [0.1, 0.15) is 11.6 Å². The lowest BCUT2D eigenvalue weighted by atomic mass is 9.98. The van der Waals surface area contributed by atoms with Crippen molar-refractivity contribution in [3.63, 3.8) is 0 Å². The average Bonchev–Trinajstić information content (AvgIpc) is 3.16. The van der Waals surface area contributed by atoms with Crippen LogP contribution in [0.3, 0.4) is 0 Å². The molecule has 0 amide bonds. The predicted octanol–water partition coefficient (Wildman–Crippen LogP) is 3.03. The van der Waals surface area contributed by atoms with Crippen LogP contribution in [0.15, 0.2) is 48.3 Å². The normalized spacial score (nSPS) is 11.9. The number of Topliss-reactive ketones (excluding diaryl/α,β-unsaturated/α-hetero) is 1. The van der Waals surface area contributed by atoms with Crippen LogP contribution in [0.1, 0.15) is 36.4 Å². The molecular weight excluding hydrogens is 392 g/mol. The van der Waals surface area contributed by atoms with Gasteiger partial charge in [0.05, 0.1) is 36.0 Å². The van der Waals surface area contributed by atoms with E-state index in [9.17, 15) is 4.79 Å². The molecule has 0 spiro atoms.